The molecule has 0 bridgehead atoms. The summed E-state index contributed by atoms with van der Waals surface area (Å²) in [4.78, 5) is 8.25. The highest BCUT2D eigenvalue weighted by atomic mass is 16.3. The molecular weight excluding hydrogens is 226 g/mol. The zero-order valence-electron chi connectivity index (χ0n) is 12.9. The molecule has 0 saturated carbocycles. The predicted octanol–water partition coefficient (Wildman–Crippen LogP) is 2.59. The molecule has 0 aliphatic carbocycles. The van der Waals surface area contributed by atoms with E-state index in [9.17, 15) is 0 Å². The van der Waals surface area contributed by atoms with Gasteiger partial charge in [-0.15, -0.1) is 0 Å². The van der Waals surface area contributed by atoms with E-state index in [0.29, 0.717) is 0 Å². The van der Waals surface area contributed by atoms with E-state index in [1.54, 1.807) is 0 Å². The van der Waals surface area contributed by atoms with Gasteiger partial charge in [0.15, 0.2) is 0 Å². The molecule has 0 atom stereocenters. The lowest BCUT2D eigenvalue weighted by Gasteiger charge is -2.23. The third-order valence-corrected chi connectivity index (χ3v) is 2.93. The van der Waals surface area contributed by atoms with Gasteiger partial charge in [-0.3, -0.25) is 0 Å². The fraction of sp³-hybridized carbons (Fsp3) is 0.933. The second kappa shape index (κ2) is 14.5. The number of quaternary nitrogens is 1. The average molecular weight is 259 g/mol. The molecule has 0 aliphatic rings. The predicted molar refractivity (Wildman–Crippen MR) is 76.2 cm³/mol. The Morgan fingerprint density at radius 1 is 0.833 bits per heavy atom. The van der Waals surface area contributed by atoms with E-state index >= 15 is 0 Å². The van der Waals surface area contributed by atoms with Crippen LogP contribution in [0.5, 0.6) is 0 Å². The highest BCUT2D eigenvalue weighted by molar-refractivity contribution is 5.29. The molecule has 0 heterocycles. The monoisotopic (exact) mass is 259 g/mol. The molecule has 18 heavy (non-hydrogen) atoms. The van der Waals surface area contributed by atoms with Gasteiger partial charge in [-0.25, -0.2) is 0 Å². The smallest absolute Gasteiger partial charge is 0.0780 e. The van der Waals surface area contributed by atoms with E-state index < -0.39 is 6.47 Å². The van der Waals surface area contributed by atoms with Crippen molar-refractivity contribution < 1.29 is 14.4 Å². The van der Waals surface area contributed by atoms with Gasteiger partial charge in [-0.1, -0.05) is 51.9 Å². The number of hydrogen-bond acceptors (Lipinski definition) is 2. The van der Waals surface area contributed by atoms with Crippen molar-refractivity contribution in [1.29, 1.82) is 0 Å². The van der Waals surface area contributed by atoms with Crippen LogP contribution in [0, 0.1) is 0 Å². The van der Waals surface area contributed by atoms with Gasteiger partial charge in [0, 0.05) is 6.47 Å². The molecule has 0 aromatic heterocycles. The Bertz CT molecular complexity index is 164. The molecule has 0 radical (unpaired) electrons. The minimum atomic E-state index is -0.500. The van der Waals surface area contributed by atoms with E-state index in [2.05, 4.69) is 28.1 Å². The minimum Gasteiger partial charge on any atom is -0.554 e. The first-order valence-corrected chi connectivity index (χ1v) is 7.34. The second-order valence-electron chi connectivity index (χ2n) is 5.94. The fourth-order valence-electron chi connectivity index (χ4n) is 1.90. The zero-order chi connectivity index (χ0) is 14.3. The SMILES string of the molecule is CCCCCCCCCCC[N+](C)(C)C.O=C[O-]. The highest BCUT2D eigenvalue weighted by Gasteiger charge is 2.04. The maximum atomic E-state index is 8.25. The first-order valence-electron chi connectivity index (χ1n) is 7.34. The summed E-state index contributed by atoms with van der Waals surface area (Å²) < 4.78 is 1.12. The van der Waals surface area contributed by atoms with Crippen molar-refractivity contribution in [3.05, 3.63) is 0 Å². The first-order chi connectivity index (χ1) is 8.47. The highest BCUT2D eigenvalue weighted by Crippen LogP contribution is 2.10. The molecule has 0 spiro atoms. The van der Waals surface area contributed by atoms with E-state index in [1.807, 2.05) is 0 Å². The van der Waals surface area contributed by atoms with Crippen LogP contribution in [0.25, 0.3) is 0 Å². The van der Waals surface area contributed by atoms with Gasteiger partial charge in [0.25, 0.3) is 0 Å². The summed E-state index contributed by atoms with van der Waals surface area (Å²) in [6.45, 7) is 3.11. The summed E-state index contributed by atoms with van der Waals surface area (Å²) in [7, 11) is 6.85. The third kappa shape index (κ3) is 24.6. The summed E-state index contributed by atoms with van der Waals surface area (Å²) in [6.07, 6.45) is 12.9. The van der Waals surface area contributed by atoms with Crippen LogP contribution in [0.3, 0.4) is 0 Å². The van der Waals surface area contributed by atoms with Gasteiger partial charge in [-0.2, -0.15) is 0 Å². The Labute approximate surface area is 114 Å². The van der Waals surface area contributed by atoms with E-state index in [4.69, 9.17) is 9.90 Å². The van der Waals surface area contributed by atoms with Crippen LogP contribution in [0.1, 0.15) is 64.7 Å². The van der Waals surface area contributed by atoms with Gasteiger partial charge in [-0.05, 0) is 12.8 Å². The molecule has 0 saturated heterocycles. The topological polar surface area (TPSA) is 40.1 Å². The van der Waals surface area contributed by atoms with Crippen LogP contribution < -0.4 is 5.11 Å². The Morgan fingerprint density at radius 3 is 1.50 bits per heavy atom. The minimum absolute atomic E-state index is 0.500. The Balaban J connectivity index is 0. The Kier molecular flexibility index (Phi) is 15.9. The number of carbonyl (C=O) groups is 1. The van der Waals surface area contributed by atoms with E-state index in [-0.39, 0.29) is 0 Å². The van der Waals surface area contributed by atoms with Gasteiger partial charge in [0.2, 0.25) is 0 Å². The number of rotatable bonds is 10. The summed E-state index contributed by atoms with van der Waals surface area (Å²) in [5, 5.41) is 8.25. The van der Waals surface area contributed by atoms with Crippen LogP contribution in [0.2, 0.25) is 0 Å². The van der Waals surface area contributed by atoms with Gasteiger partial charge >= 0.3 is 0 Å². The summed E-state index contributed by atoms with van der Waals surface area (Å²) >= 11 is 0. The summed E-state index contributed by atoms with van der Waals surface area (Å²) in [6, 6.07) is 0. The molecule has 0 N–H and O–H groups in total. The number of unbranched alkanes of at least 4 members (excludes halogenated alkanes) is 8. The maximum absolute atomic E-state index is 8.25. The Hall–Kier alpha value is -0.570. The van der Waals surface area contributed by atoms with Crippen LogP contribution in [0.15, 0.2) is 0 Å². The third-order valence-electron chi connectivity index (χ3n) is 2.93. The molecular formula is C15H33NO2. The molecule has 0 fully saturated rings. The van der Waals surface area contributed by atoms with Crippen molar-refractivity contribution in [2.45, 2.75) is 64.7 Å². The number of nitrogens with zero attached hydrogens (tertiary/aromatic N) is 1. The van der Waals surface area contributed by atoms with Crippen molar-refractivity contribution in [3.63, 3.8) is 0 Å². The maximum Gasteiger partial charge on any atom is 0.0780 e. The Morgan fingerprint density at radius 2 is 1.17 bits per heavy atom. The van der Waals surface area contributed by atoms with E-state index in [0.717, 1.165) is 4.48 Å². The van der Waals surface area contributed by atoms with Crippen molar-refractivity contribution in [1.82, 2.24) is 0 Å². The number of carboxylic acid groups (broad SMARTS) is 1. The van der Waals surface area contributed by atoms with Gasteiger partial charge in [0.1, 0.15) is 0 Å². The number of hydrogen-bond donors (Lipinski definition) is 0. The second-order valence-corrected chi connectivity index (χ2v) is 5.94. The van der Waals surface area contributed by atoms with Crippen LogP contribution in [-0.2, 0) is 4.79 Å². The van der Waals surface area contributed by atoms with Crippen molar-refractivity contribution in [2.24, 2.45) is 0 Å². The van der Waals surface area contributed by atoms with E-state index in [1.165, 1.54) is 64.3 Å². The van der Waals surface area contributed by atoms with Crippen LogP contribution >= 0.6 is 0 Å². The van der Waals surface area contributed by atoms with Gasteiger partial charge in [0.05, 0.1) is 27.7 Å². The lowest BCUT2D eigenvalue weighted by atomic mass is 10.1. The quantitative estimate of drug-likeness (QED) is 0.344. The summed E-state index contributed by atoms with van der Waals surface area (Å²) in [5.74, 6) is 0. The van der Waals surface area contributed by atoms with Crippen LogP contribution in [-0.4, -0.2) is 38.6 Å². The number of carbonyl (C=O) groups excluding carboxylic acids is 1. The molecule has 3 nitrogen and oxygen atoms in total. The molecule has 110 valence electrons. The molecule has 0 aromatic carbocycles. The molecule has 3 heteroatoms. The summed E-state index contributed by atoms with van der Waals surface area (Å²) in [5.41, 5.74) is 0. The molecule has 0 rings (SSSR count). The standard InChI is InChI=1S/C14H32N.CH2O2/c1-5-6-7-8-9-10-11-12-13-14-15(2,3)4;2-1-3/h5-14H2,1-4H3;1H,(H,2,3)/q+1;/p-1. The normalized spacial score (nSPS) is 10.7. The lowest BCUT2D eigenvalue weighted by molar-refractivity contribution is -0.870. The lowest BCUT2D eigenvalue weighted by Crippen LogP contribution is -2.35. The largest absolute Gasteiger partial charge is 0.554 e. The molecule has 0 aliphatic heterocycles. The average Bonchev–Trinajstić information content (AvgIpc) is 2.26. The van der Waals surface area contributed by atoms with Gasteiger partial charge < -0.3 is 14.4 Å². The molecule has 0 unspecified atom stereocenters. The first kappa shape index (κ1) is 19.8. The van der Waals surface area contributed by atoms with Crippen molar-refractivity contribution >= 4 is 6.47 Å². The zero-order valence-corrected chi connectivity index (χ0v) is 12.9. The van der Waals surface area contributed by atoms with Crippen molar-refractivity contribution in [2.75, 3.05) is 27.7 Å². The fourth-order valence-corrected chi connectivity index (χ4v) is 1.90. The molecule has 0 aromatic rings. The molecule has 0 amide bonds. The van der Waals surface area contributed by atoms with Crippen molar-refractivity contribution in [3.8, 4) is 0 Å². The van der Waals surface area contributed by atoms with Crippen LogP contribution in [0.4, 0.5) is 0 Å².